The molecule has 0 bridgehead atoms. The van der Waals surface area contributed by atoms with Crippen molar-refractivity contribution in [3.63, 3.8) is 0 Å². The fourth-order valence-corrected chi connectivity index (χ4v) is 5.11. The van der Waals surface area contributed by atoms with Crippen LogP contribution in [0.15, 0.2) is 49.3 Å². The van der Waals surface area contributed by atoms with Crippen molar-refractivity contribution in [3.05, 3.63) is 71.6 Å². The Morgan fingerprint density at radius 3 is 2.39 bits per heavy atom. The number of nitrogens with one attached hydrogen (secondary N) is 2. The first-order valence-electron chi connectivity index (χ1n) is 12.9. The summed E-state index contributed by atoms with van der Waals surface area (Å²) >= 11 is 0. The number of piperazine rings is 1. The number of hydrogen-bond donors (Lipinski definition) is 2. The molecule has 3 heterocycles. The summed E-state index contributed by atoms with van der Waals surface area (Å²) in [6.45, 7) is 8.37. The van der Waals surface area contributed by atoms with Gasteiger partial charge in [0.05, 0.1) is 19.1 Å². The Balaban J connectivity index is 1.58. The second kappa shape index (κ2) is 12.4. The maximum absolute atomic E-state index is 13.3. The van der Waals surface area contributed by atoms with Crippen molar-refractivity contribution in [3.8, 4) is 5.88 Å². The maximum Gasteiger partial charge on any atom is 0.253 e. The van der Waals surface area contributed by atoms with E-state index in [1.165, 1.54) is 10.4 Å². The first-order valence-corrected chi connectivity index (χ1v) is 14.7. The van der Waals surface area contributed by atoms with E-state index in [1.807, 2.05) is 13.8 Å². The maximum atomic E-state index is 13.3. The van der Waals surface area contributed by atoms with Crippen molar-refractivity contribution in [2.24, 2.45) is 0 Å². The number of methoxy groups -OCH3 is 1. The zero-order valence-corrected chi connectivity index (χ0v) is 24.3. The molecule has 1 amide bonds. The lowest BCUT2D eigenvalue weighted by atomic mass is 10.0. The number of amides is 1. The van der Waals surface area contributed by atoms with Gasteiger partial charge in [0.25, 0.3) is 5.91 Å². The van der Waals surface area contributed by atoms with Crippen LogP contribution in [-0.2, 0) is 21.2 Å². The third-order valence-electron chi connectivity index (χ3n) is 6.70. The minimum atomic E-state index is -3.31. The molecule has 0 aliphatic carbocycles. The fraction of sp³-hybridized carbons (Fsp3) is 0.321. The molecule has 216 valence electrons. The number of aryl methyl sites for hydroxylation is 2. The number of hydrogen-bond acceptors (Lipinski definition) is 10. The van der Waals surface area contributed by atoms with Crippen LogP contribution < -0.4 is 15.4 Å². The molecule has 13 heteroatoms. The highest BCUT2D eigenvalue weighted by molar-refractivity contribution is 7.88. The molecule has 3 aromatic rings. The van der Waals surface area contributed by atoms with Gasteiger partial charge in [0, 0.05) is 67.9 Å². The Morgan fingerprint density at radius 1 is 1.02 bits per heavy atom. The van der Waals surface area contributed by atoms with Crippen molar-refractivity contribution in [2.75, 3.05) is 50.2 Å². The molecule has 1 aliphatic rings. The Bertz CT molecular complexity index is 1580. The van der Waals surface area contributed by atoms with Gasteiger partial charge in [-0.2, -0.15) is 9.29 Å². The number of sulfonamides is 1. The topological polar surface area (TPSA) is 147 Å². The van der Waals surface area contributed by atoms with E-state index in [4.69, 9.17) is 4.74 Å². The van der Waals surface area contributed by atoms with Gasteiger partial charge >= 0.3 is 0 Å². The zero-order valence-electron chi connectivity index (χ0n) is 23.5. The molecule has 4 rings (SSSR count). The molecule has 2 N–H and O–H groups in total. The van der Waals surface area contributed by atoms with E-state index in [0.717, 1.165) is 23.1 Å². The van der Waals surface area contributed by atoms with Crippen molar-refractivity contribution in [2.45, 2.75) is 20.3 Å². The number of rotatable bonds is 10. The van der Waals surface area contributed by atoms with E-state index in [9.17, 15) is 18.0 Å². The fourth-order valence-electron chi connectivity index (χ4n) is 4.29. The van der Waals surface area contributed by atoms with E-state index >= 15 is 0 Å². The Hall–Kier alpha value is -4.36. The van der Waals surface area contributed by atoms with Gasteiger partial charge in [-0.05, 0) is 49.2 Å². The molecule has 1 fully saturated rings. The van der Waals surface area contributed by atoms with E-state index in [-0.39, 0.29) is 44.3 Å². The average molecular weight is 580 g/mol. The van der Waals surface area contributed by atoms with Crippen LogP contribution in [0.25, 0.3) is 0 Å². The number of ether oxygens (including phenoxy) is 1. The number of pyridine rings is 1. The van der Waals surface area contributed by atoms with Crippen molar-refractivity contribution in [1.29, 1.82) is 0 Å². The molecular formula is C28H33N7O5S. The first-order chi connectivity index (χ1) is 19.5. The van der Waals surface area contributed by atoms with Gasteiger partial charge in [-0.25, -0.2) is 18.4 Å². The molecule has 2 aromatic heterocycles. The lowest BCUT2D eigenvalue weighted by Crippen LogP contribution is -2.50. The Kier molecular flexibility index (Phi) is 8.98. The number of anilines is 4. The number of allylic oxidation sites excluding steroid dienone is 1. The van der Waals surface area contributed by atoms with Gasteiger partial charge in [-0.3, -0.25) is 9.59 Å². The van der Waals surface area contributed by atoms with Crippen LogP contribution in [0.2, 0.25) is 0 Å². The molecule has 12 nitrogen and oxygen atoms in total. The number of aromatic nitrogens is 3. The molecular weight excluding hydrogens is 546 g/mol. The molecule has 1 aromatic carbocycles. The second-order valence-corrected chi connectivity index (χ2v) is 11.7. The lowest BCUT2D eigenvalue weighted by Gasteiger charge is -2.33. The average Bonchev–Trinajstić information content (AvgIpc) is 2.96. The first kappa shape index (κ1) is 29.6. The normalized spacial score (nSPS) is 13.9. The summed E-state index contributed by atoms with van der Waals surface area (Å²) in [4.78, 5) is 40.4. The van der Waals surface area contributed by atoms with Gasteiger partial charge in [0.15, 0.2) is 5.78 Å². The number of nitrogens with zero attached hydrogens (tertiary/aromatic N) is 5. The lowest BCUT2D eigenvalue weighted by molar-refractivity contribution is -0.114. The summed E-state index contributed by atoms with van der Waals surface area (Å²) in [6, 6.07) is 6.84. The predicted molar refractivity (Wildman–Crippen MR) is 157 cm³/mol. The summed E-state index contributed by atoms with van der Waals surface area (Å²) in [7, 11) is -1.77. The number of carbonyl (C=O) groups excluding carboxylic acids is 2. The number of carbonyl (C=O) groups is 2. The van der Waals surface area contributed by atoms with Crippen LogP contribution in [0.5, 0.6) is 5.88 Å². The van der Waals surface area contributed by atoms with Crippen molar-refractivity contribution >= 4 is 44.9 Å². The molecule has 1 aliphatic heterocycles. The SMILES string of the molecule is C=CC(=O)Cc1cc(C(=O)N2CCN(S(C)(=O)=O)CC2)ccc1Nc1nc(Nc2cc(OC)ncc2C)ncc1C. The van der Waals surface area contributed by atoms with E-state index in [1.54, 1.807) is 48.7 Å². The minimum Gasteiger partial charge on any atom is -0.481 e. The van der Waals surface area contributed by atoms with Crippen LogP contribution in [0.1, 0.15) is 27.0 Å². The summed E-state index contributed by atoms with van der Waals surface area (Å²) in [5.74, 6) is 0.878. The molecule has 0 saturated carbocycles. The van der Waals surface area contributed by atoms with Crippen molar-refractivity contribution in [1.82, 2.24) is 24.2 Å². The molecule has 0 unspecified atom stereocenters. The molecule has 41 heavy (non-hydrogen) atoms. The highest BCUT2D eigenvalue weighted by Gasteiger charge is 2.27. The summed E-state index contributed by atoms with van der Waals surface area (Å²) in [6.07, 6.45) is 5.79. The smallest absolute Gasteiger partial charge is 0.253 e. The summed E-state index contributed by atoms with van der Waals surface area (Å²) in [5, 5.41) is 6.48. The third-order valence-corrected chi connectivity index (χ3v) is 8.00. The largest absolute Gasteiger partial charge is 0.481 e. The highest BCUT2D eigenvalue weighted by Crippen LogP contribution is 2.27. The monoisotopic (exact) mass is 579 g/mol. The zero-order chi connectivity index (χ0) is 29.7. The molecule has 0 atom stereocenters. The summed E-state index contributed by atoms with van der Waals surface area (Å²) < 4.78 is 30.2. The second-order valence-electron chi connectivity index (χ2n) is 9.69. The van der Waals surface area contributed by atoms with Crippen LogP contribution in [0, 0.1) is 13.8 Å². The van der Waals surface area contributed by atoms with Gasteiger partial charge in [0.2, 0.25) is 21.9 Å². The van der Waals surface area contributed by atoms with E-state index in [0.29, 0.717) is 34.5 Å². The van der Waals surface area contributed by atoms with Crippen LogP contribution in [0.4, 0.5) is 23.1 Å². The predicted octanol–water partition coefficient (Wildman–Crippen LogP) is 3.00. The van der Waals surface area contributed by atoms with Crippen LogP contribution >= 0.6 is 0 Å². The van der Waals surface area contributed by atoms with Gasteiger partial charge in [0.1, 0.15) is 5.82 Å². The van der Waals surface area contributed by atoms with Crippen LogP contribution in [0.3, 0.4) is 0 Å². The Labute approximate surface area is 239 Å². The van der Waals surface area contributed by atoms with E-state index < -0.39 is 10.0 Å². The summed E-state index contributed by atoms with van der Waals surface area (Å²) in [5.41, 5.74) is 3.99. The molecule has 0 radical (unpaired) electrons. The van der Waals surface area contributed by atoms with Gasteiger partial charge in [-0.15, -0.1) is 0 Å². The van der Waals surface area contributed by atoms with Gasteiger partial charge in [-0.1, -0.05) is 6.58 Å². The number of benzene rings is 1. The molecule has 1 saturated heterocycles. The number of ketones is 1. The Morgan fingerprint density at radius 2 is 1.73 bits per heavy atom. The van der Waals surface area contributed by atoms with Crippen LogP contribution in [-0.4, -0.2) is 83.8 Å². The minimum absolute atomic E-state index is 0.0278. The molecule has 0 spiro atoms. The van der Waals surface area contributed by atoms with E-state index in [2.05, 4.69) is 32.2 Å². The van der Waals surface area contributed by atoms with Gasteiger partial charge < -0.3 is 20.3 Å². The third kappa shape index (κ3) is 7.24. The van der Waals surface area contributed by atoms with Crippen molar-refractivity contribution < 1.29 is 22.7 Å². The standard InChI is InChI=1S/C28H33N7O5S/c1-6-22(36)14-21-13-20(27(37)34-9-11-35(12-10-34)41(5,38)39)7-8-23(21)31-26-19(3)17-30-28(33-26)32-24-15-25(40-4)29-16-18(24)2/h6-8,13,15-17H,1,9-12,14H2,2-5H3,(H2,29,30,31,32,33). The highest BCUT2D eigenvalue weighted by atomic mass is 32.2. The quantitative estimate of drug-likeness (QED) is 0.344.